The van der Waals surface area contributed by atoms with Gasteiger partial charge in [-0.25, -0.2) is 4.79 Å². The molecule has 5 nitrogen and oxygen atoms in total. The lowest BCUT2D eigenvalue weighted by Gasteiger charge is -2.13. The Kier molecular flexibility index (Phi) is 7.70. The third-order valence-electron chi connectivity index (χ3n) is 6.50. The molecule has 2 aromatic heterocycles. The van der Waals surface area contributed by atoms with Crippen LogP contribution in [0.4, 0.5) is 0 Å². The summed E-state index contributed by atoms with van der Waals surface area (Å²) >= 11 is 7.62. The molecule has 0 atom stereocenters. The molecule has 0 radical (unpaired) electrons. The Morgan fingerprint density at radius 2 is 1.46 bits per heavy atom. The van der Waals surface area contributed by atoms with Crippen LogP contribution in [0.15, 0.2) is 94.5 Å². The predicted molar refractivity (Wildman–Crippen MR) is 154 cm³/mol. The third kappa shape index (κ3) is 5.32. The third-order valence-corrected chi connectivity index (χ3v) is 8.06. The molecule has 7 heteroatoms. The van der Waals surface area contributed by atoms with E-state index in [-0.39, 0.29) is 11.2 Å². The number of hydrogen-bond acceptors (Lipinski definition) is 4. The lowest BCUT2D eigenvalue weighted by atomic mass is 10.00. The summed E-state index contributed by atoms with van der Waals surface area (Å²) in [5.41, 5.74) is 9.23. The summed E-state index contributed by atoms with van der Waals surface area (Å²) in [7, 11) is 0. The van der Waals surface area contributed by atoms with Gasteiger partial charge < -0.3 is 5.73 Å². The van der Waals surface area contributed by atoms with Crippen LogP contribution in [0.3, 0.4) is 0 Å². The van der Waals surface area contributed by atoms with Crippen molar-refractivity contribution in [1.29, 1.82) is 0 Å². The summed E-state index contributed by atoms with van der Waals surface area (Å²) in [5, 5.41) is 1.26. The van der Waals surface area contributed by atoms with Gasteiger partial charge in [0, 0.05) is 16.4 Å². The molecule has 188 valence electrons. The number of hydrogen-bond donors (Lipinski definition) is 1. The monoisotopic (exact) mass is 529 g/mol. The lowest BCUT2D eigenvalue weighted by molar-refractivity contribution is 0.551. The van der Waals surface area contributed by atoms with Crippen LogP contribution in [0.2, 0.25) is 5.02 Å². The molecule has 0 aliphatic rings. The molecule has 0 saturated heterocycles. The topological polar surface area (TPSA) is 70.0 Å². The van der Waals surface area contributed by atoms with Crippen molar-refractivity contribution in [1.82, 2.24) is 9.13 Å². The van der Waals surface area contributed by atoms with Gasteiger partial charge in [0.15, 0.2) is 0 Å². The Labute approximate surface area is 224 Å². The molecule has 0 spiro atoms. The van der Waals surface area contributed by atoms with Gasteiger partial charge in [-0.2, -0.15) is 0 Å². The van der Waals surface area contributed by atoms with Gasteiger partial charge in [-0.15, -0.1) is 11.3 Å². The molecular weight excluding hydrogens is 502 g/mol. The number of halogens is 1. The first kappa shape index (κ1) is 25.2. The fourth-order valence-corrected chi connectivity index (χ4v) is 6.07. The Morgan fingerprint density at radius 1 is 0.784 bits per heavy atom. The van der Waals surface area contributed by atoms with E-state index in [1.165, 1.54) is 15.9 Å². The lowest BCUT2D eigenvalue weighted by Crippen LogP contribution is -2.40. The number of unbranched alkanes of at least 4 members (excludes halogenated alkanes) is 1. The van der Waals surface area contributed by atoms with Gasteiger partial charge in [0.05, 0.1) is 11.9 Å². The first-order valence-electron chi connectivity index (χ1n) is 12.4. The fraction of sp³-hybridized carbons (Fsp3) is 0.200. The van der Waals surface area contributed by atoms with Crippen LogP contribution < -0.4 is 17.0 Å². The number of rotatable bonds is 9. The van der Waals surface area contributed by atoms with Crippen molar-refractivity contribution in [3.63, 3.8) is 0 Å². The van der Waals surface area contributed by atoms with Crippen LogP contribution in [-0.4, -0.2) is 15.7 Å². The van der Waals surface area contributed by atoms with E-state index in [9.17, 15) is 9.59 Å². The maximum Gasteiger partial charge on any atom is 0.332 e. The van der Waals surface area contributed by atoms with Crippen LogP contribution in [0.5, 0.6) is 0 Å². The summed E-state index contributed by atoms with van der Waals surface area (Å²) < 4.78 is 3.14. The van der Waals surface area contributed by atoms with E-state index in [0.717, 1.165) is 33.6 Å². The molecule has 5 rings (SSSR count). The maximum atomic E-state index is 14.0. The minimum Gasteiger partial charge on any atom is -0.330 e. The fourth-order valence-electron chi connectivity index (χ4n) is 4.63. The summed E-state index contributed by atoms with van der Waals surface area (Å²) in [4.78, 5) is 29.4. The van der Waals surface area contributed by atoms with Crippen LogP contribution in [-0.2, 0) is 19.5 Å². The zero-order valence-electron chi connectivity index (χ0n) is 20.4. The van der Waals surface area contributed by atoms with Crippen molar-refractivity contribution in [2.45, 2.75) is 32.4 Å². The number of benzene rings is 3. The van der Waals surface area contributed by atoms with E-state index in [1.54, 1.807) is 4.57 Å². The molecule has 5 aromatic rings. The van der Waals surface area contributed by atoms with Gasteiger partial charge in [-0.3, -0.25) is 13.9 Å². The molecule has 0 aliphatic carbocycles. The molecule has 0 aliphatic heterocycles. The molecule has 37 heavy (non-hydrogen) atoms. The normalized spacial score (nSPS) is 11.3. The zero-order valence-corrected chi connectivity index (χ0v) is 22.0. The van der Waals surface area contributed by atoms with Gasteiger partial charge in [0.1, 0.15) is 4.83 Å². The SMILES string of the molecule is NCCCCn1c(=O)c2c(Cc3ccccc3)c(-c3ccccc3)sc2n(Cc2ccc(Cl)cc2)c1=O. The first-order chi connectivity index (χ1) is 18.1. The van der Waals surface area contributed by atoms with Crippen molar-refractivity contribution in [3.05, 3.63) is 127 Å². The van der Waals surface area contributed by atoms with E-state index in [2.05, 4.69) is 24.3 Å². The van der Waals surface area contributed by atoms with Gasteiger partial charge in [-0.1, -0.05) is 84.4 Å². The Bertz CT molecular complexity index is 1620. The van der Waals surface area contributed by atoms with Gasteiger partial charge >= 0.3 is 5.69 Å². The van der Waals surface area contributed by atoms with E-state index in [1.807, 2.05) is 60.7 Å². The molecular formula is C30H28ClN3O2S. The van der Waals surface area contributed by atoms with E-state index in [0.29, 0.717) is 47.7 Å². The van der Waals surface area contributed by atoms with Gasteiger partial charge in [0.25, 0.3) is 5.56 Å². The highest BCUT2D eigenvalue weighted by Crippen LogP contribution is 2.38. The number of nitrogens with two attached hydrogens (primary N) is 1. The minimum absolute atomic E-state index is 0.228. The molecule has 2 N–H and O–H groups in total. The molecule has 0 fully saturated rings. The van der Waals surface area contributed by atoms with Crippen molar-refractivity contribution < 1.29 is 0 Å². The summed E-state index contributed by atoms with van der Waals surface area (Å²) in [6.07, 6.45) is 2.01. The quantitative estimate of drug-likeness (QED) is 0.241. The largest absolute Gasteiger partial charge is 0.332 e. The van der Waals surface area contributed by atoms with E-state index in [4.69, 9.17) is 17.3 Å². The second-order valence-electron chi connectivity index (χ2n) is 9.07. The standard InChI is InChI=1S/C30H28ClN3O2S/c31-24-15-13-22(14-16-24)20-34-29-26(28(35)33(30(34)36)18-8-7-17-32)25(19-21-9-3-1-4-10-21)27(37-29)23-11-5-2-6-12-23/h1-6,9-16H,7-8,17-20,32H2. The molecule has 0 saturated carbocycles. The molecule has 2 heterocycles. The van der Waals surface area contributed by atoms with Crippen LogP contribution in [0.1, 0.15) is 29.5 Å². The number of nitrogens with zero attached hydrogens (tertiary/aromatic N) is 2. The predicted octanol–water partition coefficient (Wildman–Crippen LogP) is 5.92. The van der Waals surface area contributed by atoms with Crippen molar-refractivity contribution in [3.8, 4) is 10.4 Å². The molecule has 0 unspecified atom stereocenters. The Hall–Kier alpha value is -3.45. The average molecular weight is 530 g/mol. The van der Waals surface area contributed by atoms with Crippen molar-refractivity contribution in [2.24, 2.45) is 5.73 Å². The van der Waals surface area contributed by atoms with Crippen LogP contribution in [0, 0.1) is 0 Å². The number of aromatic nitrogens is 2. The van der Waals surface area contributed by atoms with E-state index >= 15 is 0 Å². The zero-order chi connectivity index (χ0) is 25.8. The highest BCUT2D eigenvalue weighted by molar-refractivity contribution is 7.22. The maximum absolute atomic E-state index is 14.0. The van der Waals surface area contributed by atoms with Crippen molar-refractivity contribution in [2.75, 3.05) is 6.54 Å². The summed E-state index contributed by atoms with van der Waals surface area (Å²) in [5.74, 6) is 0. The number of fused-ring (bicyclic) bond motifs is 1. The second-order valence-corrected chi connectivity index (χ2v) is 10.5. The molecule has 3 aromatic carbocycles. The van der Waals surface area contributed by atoms with Gasteiger partial charge in [-0.05, 0) is 60.2 Å². The summed E-state index contributed by atoms with van der Waals surface area (Å²) in [6, 6.07) is 27.7. The first-order valence-corrected chi connectivity index (χ1v) is 13.6. The smallest absolute Gasteiger partial charge is 0.330 e. The highest BCUT2D eigenvalue weighted by Gasteiger charge is 2.23. The van der Waals surface area contributed by atoms with Crippen molar-refractivity contribution >= 4 is 33.2 Å². The Morgan fingerprint density at radius 3 is 2.14 bits per heavy atom. The highest BCUT2D eigenvalue weighted by atomic mass is 35.5. The second kappa shape index (κ2) is 11.3. The van der Waals surface area contributed by atoms with Crippen LogP contribution >= 0.6 is 22.9 Å². The van der Waals surface area contributed by atoms with Gasteiger partial charge in [0.2, 0.25) is 0 Å². The summed E-state index contributed by atoms with van der Waals surface area (Å²) in [6.45, 7) is 1.21. The van der Waals surface area contributed by atoms with Crippen LogP contribution in [0.25, 0.3) is 20.7 Å². The molecule has 0 amide bonds. The minimum atomic E-state index is -0.295. The average Bonchev–Trinajstić information content (AvgIpc) is 3.30. The van der Waals surface area contributed by atoms with E-state index < -0.39 is 0 Å². The molecule has 0 bridgehead atoms. The Balaban J connectivity index is 1.79. The number of thiophene rings is 1.